The quantitative estimate of drug-likeness (QED) is 0.812. The third-order valence-electron chi connectivity index (χ3n) is 3.40. The van der Waals surface area contributed by atoms with Gasteiger partial charge in [0.25, 0.3) is 0 Å². The van der Waals surface area contributed by atoms with E-state index in [0.717, 1.165) is 11.1 Å². The molecule has 2 rings (SSSR count). The molecule has 0 fully saturated rings. The van der Waals surface area contributed by atoms with Crippen LogP contribution in [-0.4, -0.2) is 16.0 Å². The van der Waals surface area contributed by atoms with Crippen LogP contribution >= 0.6 is 23.2 Å². The molecule has 5 heteroatoms. The van der Waals surface area contributed by atoms with E-state index in [1.165, 1.54) is 12.1 Å². The number of phenols is 2. The number of carbonyl (C=O) groups excluding carboxylic acids is 1. The molecule has 0 amide bonds. The maximum atomic E-state index is 12.0. The number of Topliss-reactive ketones (excluding diaryl/α,β-unsaturated/α-hetero) is 1. The Morgan fingerprint density at radius 1 is 0.818 bits per heavy atom. The summed E-state index contributed by atoms with van der Waals surface area (Å²) in [5, 5.41) is 19.9. The minimum absolute atomic E-state index is 0.0822. The second-order valence-corrected chi connectivity index (χ2v) is 5.90. The lowest BCUT2D eigenvalue weighted by Crippen LogP contribution is -2.03. The number of hydrogen-bond donors (Lipinski definition) is 2. The Morgan fingerprint density at radius 2 is 1.23 bits per heavy atom. The van der Waals surface area contributed by atoms with Crippen molar-refractivity contribution >= 4 is 29.0 Å². The van der Waals surface area contributed by atoms with Crippen LogP contribution in [0.3, 0.4) is 0 Å². The molecule has 0 atom stereocenters. The molecule has 0 saturated carbocycles. The van der Waals surface area contributed by atoms with E-state index in [9.17, 15) is 15.0 Å². The number of phenolic OH excluding ortho intramolecular Hbond substituents is 2. The summed E-state index contributed by atoms with van der Waals surface area (Å²) in [7, 11) is 0. The monoisotopic (exact) mass is 338 g/mol. The van der Waals surface area contributed by atoms with E-state index in [1.54, 1.807) is 24.3 Å². The van der Waals surface area contributed by atoms with Crippen molar-refractivity contribution in [2.75, 3.05) is 0 Å². The van der Waals surface area contributed by atoms with Crippen molar-refractivity contribution in [1.29, 1.82) is 0 Å². The number of halogens is 2. The molecule has 3 nitrogen and oxygen atoms in total. The van der Waals surface area contributed by atoms with Gasteiger partial charge in [0.05, 0.1) is 0 Å². The highest BCUT2D eigenvalue weighted by molar-refractivity contribution is 6.31. The molecule has 0 saturated heterocycles. The first-order valence-corrected chi connectivity index (χ1v) is 7.68. The lowest BCUT2D eigenvalue weighted by atomic mass is 10.0. The van der Waals surface area contributed by atoms with Crippen LogP contribution in [0.4, 0.5) is 0 Å². The number of aryl methyl sites for hydroxylation is 2. The number of aromatic hydroxyl groups is 2. The lowest BCUT2D eigenvalue weighted by Gasteiger charge is -2.06. The molecule has 22 heavy (non-hydrogen) atoms. The molecule has 0 unspecified atom stereocenters. The molecule has 0 aliphatic carbocycles. The number of carbonyl (C=O) groups is 1. The van der Waals surface area contributed by atoms with Crippen LogP contribution in [-0.2, 0) is 17.6 Å². The van der Waals surface area contributed by atoms with Crippen LogP contribution in [0.1, 0.15) is 24.0 Å². The Morgan fingerprint density at radius 3 is 1.64 bits per heavy atom. The van der Waals surface area contributed by atoms with Crippen LogP contribution in [0.15, 0.2) is 36.4 Å². The number of hydrogen-bond acceptors (Lipinski definition) is 3. The Bertz CT molecular complexity index is 626. The van der Waals surface area contributed by atoms with E-state index in [2.05, 4.69) is 0 Å². The zero-order valence-electron chi connectivity index (χ0n) is 11.9. The predicted octanol–water partition coefficient (Wildman–Crippen LogP) is 4.54. The normalized spacial score (nSPS) is 10.6. The molecular weight excluding hydrogens is 323 g/mol. The molecule has 0 heterocycles. The largest absolute Gasteiger partial charge is 0.508 e. The molecule has 0 aromatic heterocycles. The molecule has 2 aromatic carbocycles. The van der Waals surface area contributed by atoms with E-state index in [0.29, 0.717) is 35.7 Å². The molecule has 0 radical (unpaired) electrons. The van der Waals surface area contributed by atoms with Crippen LogP contribution in [0, 0.1) is 0 Å². The SMILES string of the molecule is O=C(CCc1cc(O)ccc1Cl)CCc1cc(O)ccc1Cl. The summed E-state index contributed by atoms with van der Waals surface area (Å²) >= 11 is 12.0. The van der Waals surface area contributed by atoms with Gasteiger partial charge in [-0.05, 0) is 60.4 Å². The molecule has 0 bridgehead atoms. The highest BCUT2D eigenvalue weighted by Crippen LogP contribution is 2.24. The maximum Gasteiger partial charge on any atom is 0.133 e. The first kappa shape index (κ1) is 16.7. The highest BCUT2D eigenvalue weighted by Gasteiger charge is 2.09. The molecule has 2 N–H and O–H groups in total. The van der Waals surface area contributed by atoms with Crippen molar-refractivity contribution in [3.63, 3.8) is 0 Å². The van der Waals surface area contributed by atoms with Crippen molar-refractivity contribution in [2.45, 2.75) is 25.7 Å². The molecule has 0 aliphatic heterocycles. The van der Waals surface area contributed by atoms with E-state index in [1.807, 2.05) is 0 Å². The summed E-state index contributed by atoms with van der Waals surface area (Å²) in [5.41, 5.74) is 1.51. The average Bonchev–Trinajstić information content (AvgIpc) is 2.49. The molecule has 2 aromatic rings. The zero-order chi connectivity index (χ0) is 16.1. The standard InChI is InChI=1S/C17H16Cl2O3/c18-16-7-5-14(21)9-11(16)1-3-13(20)4-2-12-10-15(22)6-8-17(12)19/h5-10,21-22H,1-4H2. The summed E-state index contributed by atoms with van der Waals surface area (Å²) < 4.78 is 0. The van der Waals surface area contributed by atoms with E-state index < -0.39 is 0 Å². The molecule has 0 aliphatic rings. The lowest BCUT2D eigenvalue weighted by molar-refractivity contribution is -0.119. The minimum atomic E-state index is 0.0822. The van der Waals surface area contributed by atoms with Crippen LogP contribution in [0.5, 0.6) is 11.5 Å². The van der Waals surface area contributed by atoms with Crippen molar-refractivity contribution in [2.24, 2.45) is 0 Å². The predicted molar refractivity (Wildman–Crippen MR) is 87.9 cm³/mol. The first-order valence-electron chi connectivity index (χ1n) is 6.92. The van der Waals surface area contributed by atoms with E-state index in [4.69, 9.17) is 23.2 Å². The summed E-state index contributed by atoms with van der Waals surface area (Å²) in [5.74, 6) is 0.357. The van der Waals surface area contributed by atoms with Gasteiger partial charge in [-0.3, -0.25) is 4.79 Å². The van der Waals surface area contributed by atoms with Crippen LogP contribution in [0.25, 0.3) is 0 Å². The van der Waals surface area contributed by atoms with Gasteiger partial charge < -0.3 is 10.2 Å². The Balaban J connectivity index is 1.88. The van der Waals surface area contributed by atoms with Crippen LogP contribution in [0.2, 0.25) is 10.0 Å². The molecule has 0 spiro atoms. The van der Waals surface area contributed by atoms with Gasteiger partial charge in [-0.1, -0.05) is 23.2 Å². The maximum absolute atomic E-state index is 12.0. The molecular formula is C17H16Cl2O3. The fourth-order valence-corrected chi connectivity index (χ4v) is 2.60. The van der Waals surface area contributed by atoms with Gasteiger partial charge in [0, 0.05) is 22.9 Å². The third-order valence-corrected chi connectivity index (χ3v) is 4.14. The fraction of sp³-hybridized carbons (Fsp3) is 0.235. The highest BCUT2D eigenvalue weighted by atomic mass is 35.5. The summed E-state index contributed by atoms with van der Waals surface area (Å²) in [6.45, 7) is 0. The zero-order valence-corrected chi connectivity index (χ0v) is 13.4. The van der Waals surface area contributed by atoms with Gasteiger partial charge in [0.2, 0.25) is 0 Å². The summed E-state index contributed by atoms with van der Waals surface area (Å²) in [4.78, 5) is 12.0. The van der Waals surface area contributed by atoms with Crippen molar-refractivity contribution in [3.8, 4) is 11.5 Å². The van der Waals surface area contributed by atoms with Crippen LogP contribution < -0.4 is 0 Å². The van der Waals surface area contributed by atoms with E-state index in [-0.39, 0.29) is 17.3 Å². The van der Waals surface area contributed by atoms with Gasteiger partial charge in [0.1, 0.15) is 17.3 Å². The first-order chi connectivity index (χ1) is 10.5. The van der Waals surface area contributed by atoms with Gasteiger partial charge in [-0.25, -0.2) is 0 Å². The smallest absolute Gasteiger partial charge is 0.133 e. The van der Waals surface area contributed by atoms with Gasteiger partial charge in [-0.15, -0.1) is 0 Å². The van der Waals surface area contributed by atoms with Crippen molar-refractivity contribution in [3.05, 3.63) is 57.6 Å². The number of rotatable bonds is 6. The van der Waals surface area contributed by atoms with Gasteiger partial charge >= 0.3 is 0 Å². The Labute approximate surface area is 139 Å². The second kappa shape index (κ2) is 7.52. The fourth-order valence-electron chi connectivity index (χ4n) is 2.18. The Kier molecular flexibility index (Phi) is 5.69. The molecule has 116 valence electrons. The summed E-state index contributed by atoms with van der Waals surface area (Å²) in [6.07, 6.45) is 1.67. The van der Waals surface area contributed by atoms with Gasteiger partial charge in [-0.2, -0.15) is 0 Å². The number of benzene rings is 2. The minimum Gasteiger partial charge on any atom is -0.508 e. The third kappa shape index (κ3) is 4.65. The van der Waals surface area contributed by atoms with E-state index >= 15 is 0 Å². The average molecular weight is 339 g/mol. The summed E-state index contributed by atoms with van der Waals surface area (Å²) in [6, 6.07) is 9.39. The van der Waals surface area contributed by atoms with Crippen molar-refractivity contribution < 1.29 is 15.0 Å². The second-order valence-electron chi connectivity index (χ2n) is 5.09. The Hall–Kier alpha value is -1.71. The van der Waals surface area contributed by atoms with Crippen molar-refractivity contribution in [1.82, 2.24) is 0 Å². The topological polar surface area (TPSA) is 57.5 Å². The van der Waals surface area contributed by atoms with Gasteiger partial charge in [0.15, 0.2) is 0 Å². The number of ketones is 1.